The van der Waals surface area contributed by atoms with E-state index in [2.05, 4.69) is 69.8 Å². The lowest BCUT2D eigenvalue weighted by molar-refractivity contribution is -0.118. The zero-order valence-corrected chi connectivity index (χ0v) is 24.2. The summed E-state index contributed by atoms with van der Waals surface area (Å²) < 4.78 is 6.08. The number of hydrogen-bond donors (Lipinski definition) is 1. The third kappa shape index (κ3) is 5.81. The summed E-state index contributed by atoms with van der Waals surface area (Å²) in [7, 11) is 0. The van der Waals surface area contributed by atoms with Crippen molar-refractivity contribution in [2.45, 2.75) is 63.6 Å². The highest BCUT2D eigenvalue weighted by atomic mass is 16.6. The molecule has 2 amide bonds. The minimum atomic E-state index is -0.589. The van der Waals surface area contributed by atoms with E-state index in [0.29, 0.717) is 12.5 Å². The number of carbonyl (C=O) groups excluding carboxylic acids is 2. The van der Waals surface area contributed by atoms with E-state index in [1.807, 2.05) is 38.1 Å². The molecule has 41 heavy (non-hydrogen) atoms. The van der Waals surface area contributed by atoms with E-state index in [1.54, 1.807) is 0 Å². The van der Waals surface area contributed by atoms with Crippen LogP contribution in [0.25, 0.3) is 0 Å². The molecule has 6 rings (SSSR count). The van der Waals surface area contributed by atoms with E-state index in [9.17, 15) is 9.59 Å². The van der Waals surface area contributed by atoms with Crippen LogP contribution in [0.5, 0.6) is 0 Å². The summed E-state index contributed by atoms with van der Waals surface area (Å²) in [4.78, 5) is 30.5. The molecule has 6 nitrogen and oxygen atoms in total. The molecule has 0 aromatic heterocycles. The summed E-state index contributed by atoms with van der Waals surface area (Å²) in [6, 6.07) is 16.4. The quantitative estimate of drug-likeness (QED) is 0.367. The van der Waals surface area contributed by atoms with Gasteiger partial charge in [-0.15, -0.1) is 0 Å². The Morgan fingerprint density at radius 2 is 1.90 bits per heavy atom. The minimum absolute atomic E-state index is 0.0383. The lowest BCUT2D eigenvalue weighted by atomic mass is 9.89. The topological polar surface area (TPSA) is 65.2 Å². The van der Waals surface area contributed by atoms with Gasteiger partial charge in [-0.3, -0.25) is 9.59 Å². The number of epoxide rings is 1. The number of allylic oxidation sites excluding steroid dienone is 5. The van der Waals surface area contributed by atoms with Crippen molar-refractivity contribution in [3.05, 3.63) is 101 Å². The van der Waals surface area contributed by atoms with Crippen LogP contribution in [0.3, 0.4) is 0 Å². The van der Waals surface area contributed by atoms with Crippen LogP contribution in [0, 0.1) is 5.92 Å². The van der Waals surface area contributed by atoms with Crippen molar-refractivity contribution in [3.8, 4) is 0 Å². The van der Waals surface area contributed by atoms with E-state index in [4.69, 9.17) is 4.74 Å². The maximum Gasteiger partial charge on any atom is 0.257 e. The Hall–Kier alpha value is -3.48. The summed E-state index contributed by atoms with van der Waals surface area (Å²) in [6.07, 6.45) is 15.7. The van der Waals surface area contributed by atoms with Crippen LogP contribution < -0.4 is 5.32 Å². The largest absolute Gasteiger partial charge is 0.343 e. The number of nitrogens with zero attached hydrogens (tertiary/aromatic N) is 2. The third-order valence-corrected chi connectivity index (χ3v) is 9.03. The molecule has 2 aromatic rings. The van der Waals surface area contributed by atoms with Gasteiger partial charge in [0, 0.05) is 35.3 Å². The first kappa shape index (κ1) is 27.7. The van der Waals surface area contributed by atoms with Crippen molar-refractivity contribution in [1.82, 2.24) is 9.80 Å². The van der Waals surface area contributed by atoms with Gasteiger partial charge in [0.25, 0.3) is 5.91 Å². The number of hydrogen-bond acceptors (Lipinski definition) is 4. The Labute approximate surface area is 243 Å². The van der Waals surface area contributed by atoms with Gasteiger partial charge in [0.15, 0.2) is 5.72 Å². The van der Waals surface area contributed by atoms with Crippen molar-refractivity contribution in [3.63, 3.8) is 0 Å². The first-order valence-electron chi connectivity index (χ1n) is 15.2. The second-order valence-corrected chi connectivity index (χ2v) is 12.1. The lowest BCUT2D eigenvalue weighted by Gasteiger charge is -2.36. The summed E-state index contributed by atoms with van der Waals surface area (Å²) in [5.41, 5.74) is 4.69. The second kappa shape index (κ2) is 11.8. The Morgan fingerprint density at radius 3 is 2.68 bits per heavy atom. The average Bonchev–Trinajstić information content (AvgIpc) is 3.78. The molecular weight excluding hydrogens is 510 g/mol. The molecule has 2 fully saturated rings. The molecule has 1 spiro atoms. The van der Waals surface area contributed by atoms with E-state index in [1.165, 1.54) is 11.1 Å². The van der Waals surface area contributed by atoms with Crippen molar-refractivity contribution >= 4 is 17.5 Å². The number of amides is 2. The van der Waals surface area contributed by atoms with E-state index < -0.39 is 5.72 Å². The number of likely N-dealkylation sites (tertiary alicyclic amines) is 1. The highest BCUT2D eigenvalue weighted by Gasteiger charge is 2.61. The zero-order chi connectivity index (χ0) is 28.4. The summed E-state index contributed by atoms with van der Waals surface area (Å²) in [5, 5.41) is 3.04. The Bertz CT molecular complexity index is 1380. The molecule has 1 N–H and O–H groups in total. The number of benzene rings is 2. The fourth-order valence-electron chi connectivity index (χ4n) is 6.61. The number of ether oxygens (including phenoxy) is 1. The predicted octanol–water partition coefficient (Wildman–Crippen LogP) is 6.39. The SMILES string of the molecule is CC(C)C(=O)Nc1cccc(C2CCN(CC[C@@H](CC3=CCC=CC=C3)N3C(=O)c4ccccc4C34CO4)CC2)c1. The number of anilines is 1. The van der Waals surface area contributed by atoms with Crippen molar-refractivity contribution < 1.29 is 14.3 Å². The van der Waals surface area contributed by atoms with Gasteiger partial charge in [-0.2, -0.15) is 0 Å². The fraction of sp³-hybridized carbons (Fsp3) is 0.429. The van der Waals surface area contributed by atoms with Crippen LogP contribution in [0.4, 0.5) is 5.69 Å². The average molecular weight is 552 g/mol. The number of nitrogens with one attached hydrogen (secondary N) is 1. The maximum absolute atomic E-state index is 13.7. The van der Waals surface area contributed by atoms with Crippen LogP contribution in [0.15, 0.2) is 84.5 Å². The van der Waals surface area contributed by atoms with Crippen LogP contribution in [-0.4, -0.2) is 53.9 Å². The highest BCUT2D eigenvalue weighted by molar-refractivity contribution is 6.00. The highest BCUT2D eigenvalue weighted by Crippen LogP contribution is 2.51. The minimum Gasteiger partial charge on any atom is -0.343 e. The number of carbonyl (C=O) groups is 2. The lowest BCUT2D eigenvalue weighted by Crippen LogP contribution is -2.45. The van der Waals surface area contributed by atoms with E-state index >= 15 is 0 Å². The maximum atomic E-state index is 13.7. The van der Waals surface area contributed by atoms with Gasteiger partial charge in [0.2, 0.25) is 5.91 Å². The normalized spacial score (nSPS) is 23.0. The van der Waals surface area contributed by atoms with Gasteiger partial charge in [0.05, 0.1) is 0 Å². The third-order valence-electron chi connectivity index (χ3n) is 9.03. The second-order valence-electron chi connectivity index (χ2n) is 12.1. The van der Waals surface area contributed by atoms with Crippen LogP contribution in [-0.2, 0) is 15.3 Å². The Balaban J connectivity index is 1.12. The standard InChI is InChI=1S/C35H41N3O3/c1-25(2)33(39)36-29-13-9-12-28(23-29)27-16-19-37(20-17-27)21-18-30(22-26-10-5-3-4-6-11-26)38-34(40)31-14-7-8-15-32(31)35(38)24-41-35/h3-5,7-15,23,25,27,30H,6,16-22,24H2,1-2H3,(H,36,39)/t30-,35?/m0/s1. The zero-order valence-electron chi connectivity index (χ0n) is 24.2. The van der Waals surface area contributed by atoms with Crippen molar-refractivity contribution in [2.75, 3.05) is 31.6 Å². The summed E-state index contributed by atoms with van der Waals surface area (Å²) in [6.45, 7) is 7.41. The Kier molecular flexibility index (Phi) is 7.96. The molecule has 2 aromatic carbocycles. The summed E-state index contributed by atoms with van der Waals surface area (Å²) in [5.74, 6) is 0.603. The van der Waals surface area contributed by atoms with Gasteiger partial charge in [0.1, 0.15) is 6.61 Å². The fourth-order valence-corrected chi connectivity index (χ4v) is 6.61. The summed E-state index contributed by atoms with van der Waals surface area (Å²) >= 11 is 0. The van der Waals surface area contributed by atoms with Gasteiger partial charge < -0.3 is 19.9 Å². The van der Waals surface area contributed by atoms with Crippen molar-refractivity contribution in [1.29, 1.82) is 0 Å². The molecule has 2 saturated heterocycles. The molecule has 214 valence electrons. The molecule has 3 aliphatic heterocycles. The van der Waals surface area contributed by atoms with E-state index in [0.717, 1.165) is 68.6 Å². The Morgan fingerprint density at radius 1 is 1.10 bits per heavy atom. The van der Waals surface area contributed by atoms with Gasteiger partial charge >= 0.3 is 0 Å². The number of rotatable bonds is 9. The van der Waals surface area contributed by atoms with E-state index in [-0.39, 0.29) is 23.8 Å². The molecule has 2 atom stereocenters. The predicted molar refractivity (Wildman–Crippen MR) is 163 cm³/mol. The molecule has 4 aliphatic rings. The smallest absolute Gasteiger partial charge is 0.257 e. The van der Waals surface area contributed by atoms with Crippen LogP contribution in [0.1, 0.15) is 73.4 Å². The first-order valence-corrected chi connectivity index (χ1v) is 15.2. The van der Waals surface area contributed by atoms with Gasteiger partial charge in [-0.25, -0.2) is 0 Å². The molecule has 0 radical (unpaired) electrons. The van der Waals surface area contributed by atoms with Crippen molar-refractivity contribution in [2.24, 2.45) is 5.92 Å². The molecular formula is C35H41N3O3. The molecule has 3 heterocycles. The first-order chi connectivity index (χ1) is 19.9. The number of fused-ring (bicyclic) bond motifs is 2. The van der Waals surface area contributed by atoms with Gasteiger partial charge in [-0.05, 0) is 80.4 Å². The molecule has 1 unspecified atom stereocenters. The molecule has 0 saturated carbocycles. The molecule has 6 heteroatoms. The van der Waals surface area contributed by atoms with Gasteiger partial charge in [-0.1, -0.05) is 74.6 Å². The monoisotopic (exact) mass is 551 g/mol. The number of piperidine rings is 1. The molecule has 1 aliphatic carbocycles. The molecule has 0 bridgehead atoms. The van der Waals surface area contributed by atoms with Crippen LogP contribution in [0.2, 0.25) is 0 Å². The van der Waals surface area contributed by atoms with Crippen LogP contribution >= 0.6 is 0 Å².